The van der Waals surface area contributed by atoms with Crippen molar-refractivity contribution in [3.63, 3.8) is 0 Å². The van der Waals surface area contributed by atoms with Crippen LogP contribution in [0.3, 0.4) is 0 Å². The van der Waals surface area contributed by atoms with Crippen LogP contribution in [0.25, 0.3) is 27.4 Å². The summed E-state index contributed by atoms with van der Waals surface area (Å²) in [6.07, 6.45) is 2.16. The number of rotatable bonds is 8. The lowest BCUT2D eigenvalue weighted by Crippen LogP contribution is -2.38. The van der Waals surface area contributed by atoms with Gasteiger partial charge in [-0.1, -0.05) is 63.2 Å². The highest BCUT2D eigenvalue weighted by Crippen LogP contribution is 2.26. The second kappa shape index (κ2) is 10.2. The lowest BCUT2D eigenvalue weighted by molar-refractivity contribution is -0.133. The molecule has 3 aromatic carbocycles. The van der Waals surface area contributed by atoms with Gasteiger partial charge in [0.15, 0.2) is 0 Å². The Morgan fingerprint density at radius 2 is 1.68 bits per heavy atom. The molecule has 0 spiro atoms. The van der Waals surface area contributed by atoms with Gasteiger partial charge < -0.3 is 4.90 Å². The number of carbonyl (C=O) groups is 1. The van der Waals surface area contributed by atoms with E-state index < -0.39 is 0 Å². The third-order valence-electron chi connectivity index (χ3n) is 6.37. The molecule has 0 radical (unpaired) electrons. The summed E-state index contributed by atoms with van der Waals surface area (Å²) in [4.78, 5) is 33.8. The van der Waals surface area contributed by atoms with E-state index in [0.717, 1.165) is 29.3 Å². The topological polar surface area (TPSA) is 55.2 Å². The van der Waals surface area contributed by atoms with Gasteiger partial charge in [-0.2, -0.15) is 0 Å². The molecule has 0 saturated heterocycles. The number of hydrogen-bond donors (Lipinski definition) is 0. The molecule has 34 heavy (non-hydrogen) atoms. The molecule has 176 valence electrons. The molecule has 1 heterocycles. The van der Waals surface area contributed by atoms with Gasteiger partial charge in [0.2, 0.25) is 5.91 Å². The van der Waals surface area contributed by atoms with E-state index in [0.29, 0.717) is 35.6 Å². The van der Waals surface area contributed by atoms with Crippen molar-refractivity contribution in [2.75, 3.05) is 6.54 Å². The predicted molar refractivity (Wildman–Crippen MR) is 139 cm³/mol. The molecule has 5 heteroatoms. The average Bonchev–Trinajstić information content (AvgIpc) is 2.83. The van der Waals surface area contributed by atoms with Crippen LogP contribution in [0, 0.1) is 5.92 Å². The van der Waals surface area contributed by atoms with Crippen molar-refractivity contribution < 1.29 is 4.79 Å². The number of aromatic nitrogens is 2. The highest BCUT2D eigenvalue weighted by Gasteiger charge is 2.26. The van der Waals surface area contributed by atoms with Gasteiger partial charge in [0.05, 0.1) is 22.6 Å². The Morgan fingerprint density at radius 1 is 0.971 bits per heavy atom. The molecule has 0 bridgehead atoms. The van der Waals surface area contributed by atoms with Crippen LogP contribution in [-0.2, 0) is 4.79 Å². The first-order valence-corrected chi connectivity index (χ1v) is 12.2. The Labute approximate surface area is 201 Å². The molecule has 1 unspecified atom stereocenters. The Bertz CT molecular complexity index is 1370. The molecule has 1 amide bonds. The van der Waals surface area contributed by atoms with Crippen LogP contribution < -0.4 is 5.56 Å². The van der Waals surface area contributed by atoms with E-state index in [9.17, 15) is 9.59 Å². The molecule has 1 atom stereocenters. The summed E-state index contributed by atoms with van der Waals surface area (Å²) >= 11 is 0. The smallest absolute Gasteiger partial charge is 0.266 e. The van der Waals surface area contributed by atoms with Crippen molar-refractivity contribution in [1.29, 1.82) is 0 Å². The Morgan fingerprint density at radius 3 is 2.41 bits per heavy atom. The van der Waals surface area contributed by atoms with Gasteiger partial charge in [0.1, 0.15) is 5.82 Å². The van der Waals surface area contributed by atoms with Crippen LogP contribution in [0.2, 0.25) is 0 Å². The fourth-order valence-electron chi connectivity index (χ4n) is 4.42. The summed E-state index contributed by atoms with van der Waals surface area (Å²) in [6, 6.07) is 21.2. The number of nitrogens with zero attached hydrogens (tertiary/aromatic N) is 3. The maximum atomic E-state index is 13.8. The Balaban J connectivity index is 1.92. The molecule has 4 aromatic rings. The quantitative estimate of drug-likeness (QED) is 0.314. The van der Waals surface area contributed by atoms with Crippen LogP contribution in [-0.4, -0.2) is 26.9 Å². The molecule has 4 rings (SSSR count). The van der Waals surface area contributed by atoms with E-state index in [1.54, 1.807) is 4.57 Å². The SMILES string of the molecule is CCCC(=O)N(CCC(C)C)C(C)c1nc2ccccc2c(=O)n1-c1ccc2ccccc2c1. The third kappa shape index (κ3) is 4.74. The monoisotopic (exact) mass is 455 g/mol. The van der Waals surface area contributed by atoms with Crippen molar-refractivity contribution in [2.45, 2.75) is 53.0 Å². The first kappa shape index (κ1) is 23.7. The van der Waals surface area contributed by atoms with Crippen LogP contribution in [0.4, 0.5) is 0 Å². The molecule has 5 nitrogen and oxygen atoms in total. The summed E-state index contributed by atoms with van der Waals surface area (Å²) < 4.78 is 1.70. The molecule has 0 aliphatic heterocycles. The normalized spacial score (nSPS) is 12.4. The van der Waals surface area contributed by atoms with Gasteiger partial charge in [-0.05, 0) is 60.7 Å². The van der Waals surface area contributed by atoms with Crippen LogP contribution in [0.1, 0.15) is 58.8 Å². The summed E-state index contributed by atoms with van der Waals surface area (Å²) in [5.41, 5.74) is 1.29. The lowest BCUT2D eigenvalue weighted by Gasteiger charge is -2.31. The van der Waals surface area contributed by atoms with E-state index in [2.05, 4.69) is 19.9 Å². The van der Waals surface area contributed by atoms with Gasteiger partial charge in [-0.25, -0.2) is 4.98 Å². The molecule has 0 saturated carbocycles. The van der Waals surface area contributed by atoms with Gasteiger partial charge in [0.25, 0.3) is 5.56 Å². The Kier molecular flexibility index (Phi) is 7.11. The fraction of sp³-hybridized carbons (Fsp3) is 0.345. The van der Waals surface area contributed by atoms with Crippen LogP contribution in [0.5, 0.6) is 0 Å². The van der Waals surface area contributed by atoms with Crippen molar-refractivity contribution in [2.24, 2.45) is 5.92 Å². The van der Waals surface area contributed by atoms with E-state index in [-0.39, 0.29) is 17.5 Å². The molecular formula is C29H33N3O2. The number of benzene rings is 3. The third-order valence-corrected chi connectivity index (χ3v) is 6.37. The number of amides is 1. The van der Waals surface area contributed by atoms with Crippen LogP contribution >= 0.6 is 0 Å². The van der Waals surface area contributed by atoms with Gasteiger partial charge >= 0.3 is 0 Å². The van der Waals surface area contributed by atoms with Gasteiger partial charge in [0, 0.05) is 13.0 Å². The summed E-state index contributed by atoms with van der Waals surface area (Å²) in [6.45, 7) is 8.96. The molecular weight excluding hydrogens is 422 g/mol. The first-order valence-electron chi connectivity index (χ1n) is 12.2. The van der Waals surface area contributed by atoms with Gasteiger partial charge in [-0.15, -0.1) is 0 Å². The van der Waals surface area contributed by atoms with Crippen molar-refractivity contribution in [1.82, 2.24) is 14.5 Å². The van der Waals surface area contributed by atoms with Crippen molar-refractivity contribution in [3.8, 4) is 5.69 Å². The van der Waals surface area contributed by atoms with E-state index in [1.165, 1.54) is 0 Å². The standard InChI is InChI=1S/C29H33N3O2/c1-5-10-27(33)31(18-17-20(2)3)21(4)28-30-26-14-9-8-13-25(26)29(34)32(28)24-16-15-22-11-6-7-12-23(22)19-24/h6-9,11-16,19-21H,5,10,17-18H2,1-4H3. The van der Waals surface area contributed by atoms with Gasteiger partial charge in [-0.3, -0.25) is 14.2 Å². The average molecular weight is 456 g/mol. The summed E-state index contributed by atoms with van der Waals surface area (Å²) in [5.74, 6) is 1.16. The number of carbonyl (C=O) groups excluding carboxylic acids is 1. The molecule has 1 aromatic heterocycles. The second-order valence-corrected chi connectivity index (χ2v) is 9.35. The van der Waals surface area contributed by atoms with Crippen LogP contribution in [0.15, 0.2) is 71.5 Å². The molecule has 0 aliphatic carbocycles. The lowest BCUT2D eigenvalue weighted by atomic mass is 10.1. The zero-order valence-corrected chi connectivity index (χ0v) is 20.5. The number of hydrogen-bond acceptors (Lipinski definition) is 3. The van der Waals surface area contributed by atoms with E-state index in [1.807, 2.05) is 79.4 Å². The first-order chi connectivity index (χ1) is 16.4. The highest BCUT2D eigenvalue weighted by atomic mass is 16.2. The minimum Gasteiger partial charge on any atom is -0.333 e. The highest BCUT2D eigenvalue weighted by molar-refractivity contribution is 5.85. The molecule has 0 N–H and O–H groups in total. The minimum atomic E-state index is -0.346. The zero-order chi connectivity index (χ0) is 24.2. The maximum absolute atomic E-state index is 13.8. The van der Waals surface area contributed by atoms with E-state index in [4.69, 9.17) is 4.98 Å². The minimum absolute atomic E-state index is 0.100. The van der Waals surface area contributed by atoms with Crippen molar-refractivity contribution in [3.05, 3.63) is 82.9 Å². The number of para-hydroxylation sites is 1. The fourth-order valence-corrected chi connectivity index (χ4v) is 4.42. The number of fused-ring (bicyclic) bond motifs is 2. The second-order valence-electron chi connectivity index (χ2n) is 9.35. The van der Waals surface area contributed by atoms with E-state index >= 15 is 0 Å². The zero-order valence-electron chi connectivity index (χ0n) is 20.5. The predicted octanol–water partition coefficient (Wildman–Crippen LogP) is 6.27. The molecule has 0 aliphatic rings. The largest absolute Gasteiger partial charge is 0.333 e. The molecule has 0 fully saturated rings. The Hall–Kier alpha value is -3.47. The van der Waals surface area contributed by atoms with Crippen molar-refractivity contribution >= 4 is 27.6 Å². The maximum Gasteiger partial charge on any atom is 0.266 e. The summed E-state index contributed by atoms with van der Waals surface area (Å²) in [5, 5.41) is 2.73. The summed E-state index contributed by atoms with van der Waals surface area (Å²) in [7, 11) is 0.